The van der Waals surface area contributed by atoms with Gasteiger partial charge in [-0.15, -0.1) is 0 Å². The van der Waals surface area contributed by atoms with Crippen molar-refractivity contribution in [2.75, 3.05) is 19.7 Å². The maximum absolute atomic E-state index is 12.2. The van der Waals surface area contributed by atoms with Crippen LogP contribution in [0, 0.1) is 5.92 Å². The van der Waals surface area contributed by atoms with Gasteiger partial charge in [0.15, 0.2) is 0 Å². The number of carbonyl (C=O) groups is 1. The van der Waals surface area contributed by atoms with E-state index in [1.54, 1.807) is 0 Å². The van der Waals surface area contributed by atoms with E-state index in [4.69, 9.17) is 4.74 Å². The minimum atomic E-state index is -0.0563. The largest absolute Gasteiger partial charge is 0.492 e. The number of rotatable bonds is 4. The minimum Gasteiger partial charge on any atom is -0.492 e. The number of fused-ring (bicyclic) bond motifs is 1. The molecule has 1 aromatic carbocycles. The molecular weight excluding hydrogens is 264 g/mol. The van der Waals surface area contributed by atoms with E-state index in [-0.39, 0.29) is 11.8 Å². The van der Waals surface area contributed by atoms with E-state index in [0.29, 0.717) is 12.6 Å². The molecule has 2 unspecified atom stereocenters. The first kappa shape index (κ1) is 14.4. The summed E-state index contributed by atoms with van der Waals surface area (Å²) < 4.78 is 5.68. The maximum atomic E-state index is 12.2. The van der Waals surface area contributed by atoms with Crippen LogP contribution in [0.25, 0.3) is 0 Å². The van der Waals surface area contributed by atoms with E-state index in [9.17, 15) is 4.79 Å². The van der Waals surface area contributed by atoms with E-state index < -0.39 is 0 Å². The Morgan fingerprint density at radius 1 is 1.33 bits per heavy atom. The van der Waals surface area contributed by atoms with Gasteiger partial charge in [-0.25, -0.2) is 0 Å². The summed E-state index contributed by atoms with van der Waals surface area (Å²) in [6.07, 6.45) is 5.62. The minimum absolute atomic E-state index is 0.0563. The predicted molar refractivity (Wildman–Crippen MR) is 82.4 cm³/mol. The van der Waals surface area contributed by atoms with E-state index in [2.05, 4.69) is 10.6 Å². The van der Waals surface area contributed by atoms with Crippen LogP contribution in [-0.4, -0.2) is 31.6 Å². The summed E-state index contributed by atoms with van der Waals surface area (Å²) in [6.45, 7) is 2.37. The highest BCUT2D eigenvalue weighted by atomic mass is 16.5. The Morgan fingerprint density at radius 2 is 2.24 bits per heavy atom. The van der Waals surface area contributed by atoms with Crippen LogP contribution >= 0.6 is 0 Å². The van der Waals surface area contributed by atoms with Gasteiger partial charge in [-0.3, -0.25) is 4.79 Å². The summed E-state index contributed by atoms with van der Waals surface area (Å²) in [5.41, 5.74) is 1.14. The van der Waals surface area contributed by atoms with Gasteiger partial charge >= 0.3 is 0 Å². The topological polar surface area (TPSA) is 50.4 Å². The molecule has 2 N–H and O–H groups in total. The zero-order valence-electron chi connectivity index (χ0n) is 12.4. The predicted octanol–water partition coefficient (Wildman–Crippen LogP) is 1.89. The van der Waals surface area contributed by atoms with Gasteiger partial charge in [-0.1, -0.05) is 24.6 Å². The van der Waals surface area contributed by atoms with Gasteiger partial charge in [0, 0.05) is 12.6 Å². The highest BCUT2D eigenvalue weighted by Crippen LogP contribution is 2.26. The number of amides is 1. The van der Waals surface area contributed by atoms with Crippen molar-refractivity contribution in [3.05, 3.63) is 29.8 Å². The monoisotopic (exact) mass is 288 g/mol. The number of para-hydroxylation sites is 1. The number of hydrogen-bond acceptors (Lipinski definition) is 3. The lowest BCUT2D eigenvalue weighted by molar-refractivity contribution is -0.126. The summed E-state index contributed by atoms with van der Waals surface area (Å²) >= 11 is 0. The smallest absolute Gasteiger partial charge is 0.226 e. The summed E-state index contributed by atoms with van der Waals surface area (Å²) in [4.78, 5) is 12.2. The Labute approximate surface area is 126 Å². The van der Waals surface area contributed by atoms with Crippen LogP contribution in [0.3, 0.4) is 0 Å². The molecule has 0 radical (unpaired) electrons. The highest BCUT2D eigenvalue weighted by molar-refractivity contribution is 5.79. The molecule has 0 saturated carbocycles. The molecule has 1 aromatic rings. The lowest BCUT2D eigenvalue weighted by atomic mass is 9.96. The fraction of sp³-hybridized carbons (Fsp3) is 0.588. The number of carbonyl (C=O) groups excluding carboxylic acids is 1. The van der Waals surface area contributed by atoms with Crippen molar-refractivity contribution >= 4 is 5.91 Å². The molecule has 0 aromatic heterocycles. The molecule has 21 heavy (non-hydrogen) atoms. The number of benzene rings is 1. The van der Waals surface area contributed by atoms with Crippen LogP contribution < -0.4 is 15.4 Å². The molecule has 2 aliphatic heterocycles. The van der Waals surface area contributed by atoms with Crippen molar-refractivity contribution < 1.29 is 9.53 Å². The highest BCUT2D eigenvalue weighted by Gasteiger charge is 2.25. The van der Waals surface area contributed by atoms with Crippen LogP contribution in [0.2, 0.25) is 0 Å². The molecule has 1 fully saturated rings. The molecular formula is C17H24N2O2. The van der Waals surface area contributed by atoms with Crippen molar-refractivity contribution in [3.8, 4) is 5.75 Å². The quantitative estimate of drug-likeness (QED) is 0.889. The second kappa shape index (κ2) is 6.94. The maximum Gasteiger partial charge on any atom is 0.226 e. The number of nitrogens with one attached hydrogen (secondary N) is 2. The van der Waals surface area contributed by atoms with Gasteiger partial charge in [0.25, 0.3) is 0 Å². The number of ether oxygens (including phenoxy) is 1. The van der Waals surface area contributed by atoms with Crippen molar-refractivity contribution in [2.45, 2.75) is 38.1 Å². The molecule has 4 nitrogen and oxygen atoms in total. The van der Waals surface area contributed by atoms with E-state index in [1.807, 2.05) is 24.3 Å². The Bertz CT molecular complexity index is 483. The molecule has 0 spiro atoms. The summed E-state index contributed by atoms with van der Waals surface area (Å²) in [5, 5.41) is 6.58. The summed E-state index contributed by atoms with van der Waals surface area (Å²) in [6, 6.07) is 8.55. The van der Waals surface area contributed by atoms with Crippen LogP contribution in [-0.2, 0) is 11.2 Å². The van der Waals surface area contributed by atoms with Crippen LogP contribution in [0.5, 0.6) is 5.75 Å². The lowest BCUT2D eigenvalue weighted by Crippen LogP contribution is -2.41. The number of piperidine rings is 1. The van der Waals surface area contributed by atoms with E-state index in [0.717, 1.165) is 37.2 Å². The van der Waals surface area contributed by atoms with E-state index in [1.165, 1.54) is 19.3 Å². The van der Waals surface area contributed by atoms with Gasteiger partial charge in [0.05, 0.1) is 5.92 Å². The first-order chi connectivity index (χ1) is 10.3. The van der Waals surface area contributed by atoms with Crippen LogP contribution in [0.4, 0.5) is 0 Å². The normalized spacial score (nSPS) is 24.8. The Balaban J connectivity index is 1.44. The molecule has 2 heterocycles. The van der Waals surface area contributed by atoms with Crippen LogP contribution in [0.1, 0.15) is 31.2 Å². The SMILES string of the molecule is O=C(NCCC1CCCCN1)C1COc2ccccc2C1. The first-order valence-corrected chi connectivity index (χ1v) is 8.05. The molecule has 2 aliphatic rings. The molecule has 0 aliphatic carbocycles. The molecule has 1 saturated heterocycles. The fourth-order valence-corrected chi connectivity index (χ4v) is 3.18. The third-order valence-electron chi connectivity index (χ3n) is 4.45. The van der Waals surface area contributed by atoms with Crippen molar-refractivity contribution in [2.24, 2.45) is 5.92 Å². The van der Waals surface area contributed by atoms with Gasteiger partial charge in [-0.05, 0) is 43.9 Å². The van der Waals surface area contributed by atoms with Gasteiger partial charge in [0.1, 0.15) is 12.4 Å². The van der Waals surface area contributed by atoms with Gasteiger partial charge in [0.2, 0.25) is 5.91 Å². The Hall–Kier alpha value is -1.55. The average molecular weight is 288 g/mol. The molecule has 0 bridgehead atoms. The Morgan fingerprint density at radius 3 is 3.10 bits per heavy atom. The molecule has 3 rings (SSSR count). The number of hydrogen-bond donors (Lipinski definition) is 2. The second-order valence-corrected chi connectivity index (χ2v) is 6.05. The van der Waals surface area contributed by atoms with Crippen molar-refractivity contribution in [1.82, 2.24) is 10.6 Å². The third-order valence-corrected chi connectivity index (χ3v) is 4.45. The average Bonchev–Trinajstić information content (AvgIpc) is 2.55. The molecule has 2 atom stereocenters. The van der Waals surface area contributed by atoms with Gasteiger partial charge < -0.3 is 15.4 Å². The first-order valence-electron chi connectivity index (χ1n) is 8.05. The zero-order valence-corrected chi connectivity index (χ0v) is 12.4. The second-order valence-electron chi connectivity index (χ2n) is 6.05. The zero-order chi connectivity index (χ0) is 14.5. The van der Waals surface area contributed by atoms with Crippen LogP contribution in [0.15, 0.2) is 24.3 Å². The van der Waals surface area contributed by atoms with Crippen molar-refractivity contribution in [1.29, 1.82) is 0 Å². The van der Waals surface area contributed by atoms with Crippen molar-refractivity contribution in [3.63, 3.8) is 0 Å². The lowest BCUT2D eigenvalue weighted by Gasteiger charge is -2.26. The fourth-order valence-electron chi connectivity index (χ4n) is 3.18. The molecule has 4 heteroatoms. The summed E-state index contributed by atoms with van der Waals surface area (Å²) in [5.74, 6) is 0.993. The summed E-state index contributed by atoms with van der Waals surface area (Å²) in [7, 11) is 0. The standard InChI is InChI=1S/C17H24N2O2/c20-17(19-10-8-15-6-3-4-9-18-15)14-11-13-5-1-2-7-16(13)21-12-14/h1-2,5,7,14-15,18H,3-4,6,8-12H2,(H,19,20). The molecule has 114 valence electrons. The molecule has 1 amide bonds. The van der Waals surface area contributed by atoms with E-state index >= 15 is 0 Å². The Kier molecular flexibility index (Phi) is 4.76. The third kappa shape index (κ3) is 3.76. The van der Waals surface area contributed by atoms with Gasteiger partial charge in [-0.2, -0.15) is 0 Å².